The van der Waals surface area contributed by atoms with E-state index in [9.17, 15) is 19.5 Å². The molecular formula is C27H30N2O6. The summed E-state index contributed by atoms with van der Waals surface area (Å²) in [5.41, 5.74) is 3.25. The minimum absolute atomic E-state index is 0.0116. The van der Waals surface area contributed by atoms with Crippen molar-refractivity contribution in [2.45, 2.75) is 31.2 Å². The molecule has 2 aromatic carbocycles. The quantitative estimate of drug-likeness (QED) is 0.684. The number of carboxylic acids is 1. The first-order valence-electron chi connectivity index (χ1n) is 12.1. The van der Waals surface area contributed by atoms with E-state index in [4.69, 9.17) is 9.47 Å². The molecular weight excluding hydrogens is 448 g/mol. The van der Waals surface area contributed by atoms with Gasteiger partial charge in [0.1, 0.15) is 12.1 Å². The van der Waals surface area contributed by atoms with Crippen LogP contribution < -0.4 is 5.32 Å². The van der Waals surface area contributed by atoms with Gasteiger partial charge >= 0.3 is 12.1 Å². The molecule has 8 heteroatoms. The normalized spacial score (nSPS) is 25.6. The number of alkyl carbamates (subject to hydrolysis) is 1. The Hall–Kier alpha value is -3.39. The zero-order valence-electron chi connectivity index (χ0n) is 19.7. The van der Waals surface area contributed by atoms with Crippen LogP contribution in [-0.4, -0.2) is 66.4 Å². The maximum Gasteiger partial charge on any atom is 0.408 e. The predicted molar refractivity (Wildman–Crippen MR) is 128 cm³/mol. The first-order valence-corrected chi connectivity index (χ1v) is 12.1. The van der Waals surface area contributed by atoms with Gasteiger partial charge in [-0.1, -0.05) is 55.5 Å². The molecule has 2 fully saturated rings. The van der Waals surface area contributed by atoms with Crippen LogP contribution in [0.25, 0.3) is 11.1 Å². The molecule has 2 aliphatic heterocycles. The highest BCUT2D eigenvalue weighted by atomic mass is 16.6. The number of piperidine rings is 1. The summed E-state index contributed by atoms with van der Waals surface area (Å²) < 4.78 is 11.2. The van der Waals surface area contributed by atoms with E-state index < -0.39 is 23.5 Å². The second kappa shape index (κ2) is 9.34. The number of hydrogen-bond donors (Lipinski definition) is 2. The van der Waals surface area contributed by atoms with Crippen molar-refractivity contribution in [2.24, 2.45) is 11.8 Å². The molecule has 0 spiro atoms. The molecule has 3 aliphatic rings. The highest BCUT2D eigenvalue weighted by molar-refractivity contribution is 5.91. The number of nitrogens with zero attached hydrogens (tertiary/aromatic N) is 1. The summed E-state index contributed by atoms with van der Waals surface area (Å²) in [7, 11) is 0. The summed E-state index contributed by atoms with van der Waals surface area (Å²) in [5, 5.41) is 12.3. The van der Waals surface area contributed by atoms with Crippen LogP contribution in [0.3, 0.4) is 0 Å². The minimum Gasteiger partial charge on any atom is -0.481 e. The largest absolute Gasteiger partial charge is 0.481 e. The van der Waals surface area contributed by atoms with E-state index in [1.807, 2.05) is 43.3 Å². The second-order valence-corrected chi connectivity index (χ2v) is 9.80. The minimum atomic E-state index is -1.24. The van der Waals surface area contributed by atoms with Crippen LogP contribution >= 0.6 is 0 Å². The van der Waals surface area contributed by atoms with Gasteiger partial charge in [-0.25, -0.2) is 4.79 Å². The summed E-state index contributed by atoms with van der Waals surface area (Å²) in [6.45, 7) is 3.00. The summed E-state index contributed by atoms with van der Waals surface area (Å²) in [6, 6.07) is 16.2. The fraction of sp³-hybridized carbons (Fsp3) is 0.444. The Labute approximate surface area is 204 Å². The Morgan fingerprint density at radius 2 is 1.77 bits per heavy atom. The number of aliphatic carboxylic acids is 1. The Morgan fingerprint density at radius 1 is 1.11 bits per heavy atom. The number of benzene rings is 2. The first-order chi connectivity index (χ1) is 16.9. The lowest BCUT2D eigenvalue weighted by Gasteiger charge is -2.39. The molecule has 5 rings (SSSR count). The number of amides is 2. The maximum atomic E-state index is 13.5. The van der Waals surface area contributed by atoms with Crippen molar-refractivity contribution in [3.05, 3.63) is 59.7 Å². The number of carbonyl (C=O) groups is 3. The van der Waals surface area contributed by atoms with Gasteiger partial charge in [-0.3, -0.25) is 9.59 Å². The molecule has 1 aliphatic carbocycles. The van der Waals surface area contributed by atoms with E-state index in [2.05, 4.69) is 17.4 Å². The van der Waals surface area contributed by atoms with Crippen LogP contribution in [-0.2, 0) is 19.1 Å². The fourth-order valence-electron chi connectivity index (χ4n) is 5.59. The lowest BCUT2D eigenvalue weighted by atomic mass is 9.85. The third kappa shape index (κ3) is 4.27. The van der Waals surface area contributed by atoms with E-state index in [1.54, 1.807) is 4.90 Å². The molecule has 0 aromatic heterocycles. The van der Waals surface area contributed by atoms with Crippen molar-refractivity contribution in [2.75, 3.05) is 32.9 Å². The van der Waals surface area contributed by atoms with Crippen LogP contribution in [0.15, 0.2) is 48.5 Å². The van der Waals surface area contributed by atoms with E-state index in [0.29, 0.717) is 26.0 Å². The van der Waals surface area contributed by atoms with Crippen molar-refractivity contribution in [1.82, 2.24) is 10.2 Å². The van der Waals surface area contributed by atoms with Gasteiger partial charge in [0.15, 0.2) is 0 Å². The van der Waals surface area contributed by atoms with Crippen molar-refractivity contribution >= 4 is 18.0 Å². The molecule has 2 N–H and O–H groups in total. The second-order valence-electron chi connectivity index (χ2n) is 9.80. The molecule has 8 nitrogen and oxygen atoms in total. The predicted octanol–water partition coefficient (Wildman–Crippen LogP) is 3.25. The van der Waals surface area contributed by atoms with E-state index in [0.717, 1.165) is 22.3 Å². The molecule has 0 radical (unpaired) electrons. The topological polar surface area (TPSA) is 105 Å². The average Bonchev–Trinajstić information content (AvgIpc) is 3.46. The monoisotopic (exact) mass is 478 g/mol. The van der Waals surface area contributed by atoms with Gasteiger partial charge in [-0.05, 0) is 34.6 Å². The van der Waals surface area contributed by atoms with E-state index in [1.165, 1.54) is 0 Å². The smallest absolute Gasteiger partial charge is 0.408 e. The average molecular weight is 479 g/mol. The third-order valence-corrected chi connectivity index (χ3v) is 7.68. The van der Waals surface area contributed by atoms with Crippen LogP contribution in [0, 0.1) is 11.8 Å². The number of fused-ring (bicyclic) bond motifs is 3. The maximum absolute atomic E-state index is 13.5. The lowest BCUT2D eigenvalue weighted by molar-refractivity contribution is -0.150. The van der Waals surface area contributed by atoms with Crippen LogP contribution in [0.5, 0.6) is 0 Å². The first kappa shape index (κ1) is 23.4. The standard InChI is InChI=1S/C27H30N2O6/c1-17-10-12-29(14-22(17)24(30)31)25(32)27(11-13-34-16-27)28-26(33)35-15-23-20-8-4-2-6-18(20)19-7-3-5-9-21(19)23/h2-9,17,22-23H,10-16H2,1H3,(H,28,33)(H,30,31). The number of nitrogens with one attached hydrogen (secondary N) is 1. The van der Waals surface area contributed by atoms with Crippen LogP contribution in [0.2, 0.25) is 0 Å². The number of carbonyl (C=O) groups excluding carboxylic acids is 2. The number of ether oxygens (including phenoxy) is 2. The molecule has 0 saturated carbocycles. The van der Waals surface area contributed by atoms with Gasteiger partial charge in [0.25, 0.3) is 5.91 Å². The summed E-state index contributed by atoms with van der Waals surface area (Å²) >= 11 is 0. The zero-order chi connectivity index (χ0) is 24.6. The van der Waals surface area contributed by atoms with Gasteiger partial charge in [0.2, 0.25) is 0 Å². The number of rotatable bonds is 5. The SMILES string of the molecule is CC1CCN(C(=O)C2(NC(=O)OCC3c4ccccc4-c4ccccc43)CCOC2)CC1C(=O)O. The van der Waals surface area contributed by atoms with Crippen molar-refractivity contribution < 1.29 is 29.0 Å². The number of hydrogen-bond acceptors (Lipinski definition) is 5. The van der Waals surface area contributed by atoms with Crippen molar-refractivity contribution in [3.8, 4) is 11.1 Å². The molecule has 2 aromatic rings. The molecule has 0 bridgehead atoms. The van der Waals surface area contributed by atoms with Gasteiger partial charge in [0.05, 0.1) is 12.5 Å². The summed E-state index contributed by atoms with van der Waals surface area (Å²) in [4.78, 5) is 39.6. The Balaban J connectivity index is 1.28. The van der Waals surface area contributed by atoms with Crippen LogP contribution in [0.1, 0.15) is 36.8 Å². The fourth-order valence-corrected chi connectivity index (χ4v) is 5.59. The molecule has 184 valence electrons. The third-order valence-electron chi connectivity index (χ3n) is 7.68. The van der Waals surface area contributed by atoms with Gasteiger partial charge in [-0.2, -0.15) is 0 Å². The lowest BCUT2D eigenvalue weighted by Crippen LogP contribution is -2.62. The van der Waals surface area contributed by atoms with Gasteiger partial charge < -0.3 is 24.8 Å². The highest BCUT2D eigenvalue weighted by Gasteiger charge is 2.48. The Kier molecular flexibility index (Phi) is 6.23. The molecule has 35 heavy (non-hydrogen) atoms. The highest BCUT2D eigenvalue weighted by Crippen LogP contribution is 2.44. The summed E-state index contributed by atoms with van der Waals surface area (Å²) in [6.07, 6.45) is 0.246. The zero-order valence-corrected chi connectivity index (χ0v) is 19.7. The van der Waals surface area contributed by atoms with Crippen molar-refractivity contribution in [3.63, 3.8) is 0 Å². The van der Waals surface area contributed by atoms with E-state index >= 15 is 0 Å². The van der Waals surface area contributed by atoms with Gasteiger partial charge in [0, 0.05) is 32.0 Å². The molecule has 2 heterocycles. The molecule has 3 atom stereocenters. The Bertz CT molecular complexity index is 1100. The van der Waals surface area contributed by atoms with E-state index in [-0.39, 0.29) is 37.5 Å². The number of carboxylic acid groups (broad SMARTS) is 1. The summed E-state index contributed by atoms with van der Waals surface area (Å²) in [5.74, 6) is -1.93. The van der Waals surface area contributed by atoms with Crippen molar-refractivity contribution in [1.29, 1.82) is 0 Å². The molecule has 3 unspecified atom stereocenters. The molecule has 2 saturated heterocycles. The molecule has 2 amide bonds. The van der Waals surface area contributed by atoms with Crippen LogP contribution in [0.4, 0.5) is 4.79 Å². The number of likely N-dealkylation sites (tertiary alicyclic amines) is 1. The van der Waals surface area contributed by atoms with Gasteiger partial charge in [-0.15, -0.1) is 0 Å². The Morgan fingerprint density at radius 3 is 2.37 bits per heavy atom.